The fourth-order valence-corrected chi connectivity index (χ4v) is 2.21. The number of nitrogens with zero attached hydrogens (tertiary/aromatic N) is 3. The SMILES string of the molecule is CC(Nc1ccnc(N(C)C)n1)c1cccs1. The average Bonchev–Trinajstić information content (AvgIpc) is 2.82. The zero-order valence-corrected chi connectivity index (χ0v) is 11.0. The average molecular weight is 248 g/mol. The summed E-state index contributed by atoms with van der Waals surface area (Å²) in [6, 6.07) is 6.33. The second-order valence-electron chi connectivity index (χ2n) is 4.02. The largest absolute Gasteiger partial charge is 0.363 e. The molecule has 17 heavy (non-hydrogen) atoms. The van der Waals surface area contributed by atoms with Crippen molar-refractivity contribution in [2.75, 3.05) is 24.3 Å². The van der Waals surface area contributed by atoms with Crippen LogP contribution < -0.4 is 10.2 Å². The van der Waals surface area contributed by atoms with E-state index in [9.17, 15) is 0 Å². The highest BCUT2D eigenvalue weighted by Crippen LogP contribution is 2.22. The van der Waals surface area contributed by atoms with Crippen LogP contribution in [-0.4, -0.2) is 24.1 Å². The van der Waals surface area contributed by atoms with Crippen molar-refractivity contribution in [3.8, 4) is 0 Å². The van der Waals surface area contributed by atoms with Crippen molar-refractivity contribution in [2.24, 2.45) is 0 Å². The van der Waals surface area contributed by atoms with Gasteiger partial charge in [0.1, 0.15) is 5.82 Å². The fraction of sp³-hybridized carbons (Fsp3) is 0.333. The van der Waals surface area contributed by atoms with E-state index in [0.29, 0.717) is 5.95 Å². The van der Waals surface area contributed by atoms with E-state index in [1.54, 1.807) is 17.5 Å². The molecule has 0 saturated heterocycles. The minimum absolute atomic E-state index is 0.264. The first-order valence-corrected chi connectivity index (χ1v) is 6.35. The molecule has 2 aromatic heterocycles. The molecule has 4 nitrogen and oxygen atoms in total. The number of nitrogens with one attached hydrogen (secondary N) is 1. The number of hydrogen-bond donors (Lipinski definition) is 1. The van der Waals surface area contributed by atoms with E-state index in [0.717, 1.165) is 5.82 Å². The lowest BCUT2D eigenvalue weighted by Gasteiger charge is -2.15. The summed E-state index contributed by atoms with van der Waals surface area (Å²) >= 11 is 1.74. The van der Waals surface area contributed by atoms with Crippen molar-refractivity contribution in [1.82, 2.24) is 9.97 Å². The Labute approximate surface area is 105 Å². The van der Waals surface area contributed by atoms with Gasteiger partial charge in [-0.3, -0.25) is 0 Å². The van der Waals surface area contributed by atoms with Gasteiger partial charge in [0.2, 0.25) is 5.95 Å². The zero-order chi connectivity index (χ0) is 12.3. The van der Waals surface area contributed by atoms with Crippen LogP contribution in [-0.2, 0) is 0 Å². The first kappa shape index (κ1) is 11.9. The lowest BCUT2D eigenvalue weighted by Crippen LogP contribution is -2.14. The molecule has 0 spiro atoms. The standard InChI is InChI=1S/C12H16N4S/c1-9(10-5-4-8-17-10)14-11-6-7-13-12(15-11)16(2)3/h4-9H,1-3H3,(H,13,14,15). The molecular weight excluding hydrogens is 232 g/mol. The van der Waals surface area contributed by atoms with Crippen LogP contribution in [0.4, 0.5) is 11.8 Å². The predicted molar refractivity (Wildman–Crippen MR) is 72.7 cm³/mol. The topological polar surface area (TPSA) is 41.1 Å². The summed E-state index contributed by atoms with van der Waals surface area (Å²) in [6.07, 6.45) is 1.77. The molecule has 0 amide bonds. The highest BCUT2D eigenvalue weighted by atomic mass is 32.1. The molecule has 0 fully saturated rings. The molecule has 5 heteroatoms. The highest BCUT2D eigenvalue weighted by molar-refractivity contribution is 7.10. The third-order valence-corrected chi connectivity index (χ3v) is 3.43. The van der Waals surface area contributed by atoms with E-state index in [1.807, 2.05) is 25.1 Å². The van der Waals surface area contributed by atoms with Crippen molar-refractivity contribution < 1.29 is 0 Å². The zero-order valence-electron chi connectivity index (χ0n) is 10.2. The molecular formula is C12H16N4S. The number of aromatic nitrogens is 2. The van der Waals surface area contributed by atoms with E-state index in [1.165, 1.54) is 4.88 Å². The summed E-state index contributed by atoms with van der Waals surface area (Å²) in [6.45, 7) is 2.13. The van der Waals surface area contributed by atoms with Crippen LogP contribution in [0.1, 0.15) is 17.8 Å². The quantitative estimate of drug-likeness (QED) is 0.903. The van der Waals surface area contributed by atoms with Crippen molar-refractivity contribution >= 4 is 23.1 Å². The van der Waals surface area contributed by atoms with Crippen LogP contribution >= 0.6 is 11.3 Å². The maximum Gasteiger partial charge on any atom is 0.226 e. The Bertz CT molecular complexity index is 467. The Balaban J connectivity index is 2.11. The second kappa shape index (κ2) is 5.14. The Morgan fingerprint density at radius 2 is 2.18 bits per heavy atom. The van der Waals surface area contributed by atoms with E-state index >= 15 is 0 Å². The molecule has 0 aliphatic heterocycles. The van der Waals surface area contributed by atoms with Gasteiger partial charge in [0.25, 0.3) is 0 Å². The number of anilines is 2. The van der Waals surface area contributed by atoms with Gasteiger partial charge < -0.3 is 10.2 Å². The molecule has 1 N–H and O–H groups in total. The molecule has 90 valence electrons. The summed E-state index contributed by atoms with van der Waals surface area (Å²) in [5, 5.41) is 5.45. The van der Waals surface area contributed by atoms with Crippen LogP contribution in [0, 0.1) is 0 Å². The molecule has 0 radical (unpaired) electrons. The first-order chi connectivity index (χ1) is 8.16. The molecule has 2 heterocycles. The predicted octanol–water partition coefficient (Wildman–Crippen LogP) is 2.78. The Morgan fingerprint density at radius 1 is 1.35 bits per heavy atom. The maximum absolute atomic E-state index is 4.43. The van der Waals surface area contributed by atoms with Crippen molar-refractivity contribution in [1.29, 1.82) is 0 Å². The molecule has 0 aliphatic rings. The molecule has 0 aliphatic carbocycles. The maximum atomic E-state index is 4.43. The van der Waals surface area contributed by atoms with Gasteiger partial charge in [0.05, 0.1) is 6.04 Å². The van der Waals surface area contributed by atoms with Crippen LogP contribution in [0.25, 0.3) is 0 Å². The van der Waals surface area contributed by atoms with Gasteiger partial charge in [-0.05, 0) is 24.4 Å². The van der Waals surface area contributed by atoms with Gasteiger partial charge in [0.15, 0.2) is 0 Å². The van der Waals surface area contributed by atoms with Crippen LogP contribution in [0.5, 0.6) is 0 Å². The molecule has 1 atom stereocenters. The molecule has 0 saturated carbocycles. The minimum Gasteiger partial charge on any atom is -0.363 e. The Hall–Kier alpha value is -1.62. The first-order valence-electron chi connectivity index (χ1n) is 5.47. The van der Waals surface area contributed by atoms with E-state index in [2.05, 4.69) is 39.7 Å². The number of thiophene rings is 1. The van der Waals surface area contributed by atoms with Crippen LogP contribution in [0.15, 0.2) is 29.8 Å². The molecule has 0 bridgehead atoms. The van der Waals surface area contributed by atoms with E-state index < -0.39 is 0 Å². The molecule has 2 aromatic rings. The fourth-order valence-electron chi connectivity index (χ4n) is 1.47. The van der Waals surface area contributed by atoms with Crippen molar-refractivity contribution in [3.05, 3.63) is 34.7 Å². The summed E-state index contributed by atoms with van der Waals surface area (Å²) in [7, 11) is 3.86. The van der Waals surface area contributed by atoms with Crippen molar-refractivity contribution in [3.63, 3.8) is 0 Å². The van der Waals surface area contributed by atoms with Crippen LogP contribution in [0.2, 0.25) is 0 Å². The number of rotatable bonds is 4. The second-order valence-corrected chi connectivity index (χ2v) is 5.00. The van der Waals surface area contributed by atoms with E-state index in [-0.39, 0.29) is 6.04 Å². The lowest BCUT2D eigenvalue weighted by atomic mass is 10.3. The number of hydrogen-bond acceptors (Lipinski definition) is 5. The molecule has 1 unspecified atom stereocenters. The van der Waals surface area contributed by atoms with Gasteiger partial charge in [-0.25, -0.2) is 4.98 Å². The van der Waals surface area contributed by atoms with Gasteiger partial charge in [-0.1, -0.05) is 6.07 Å². The van der Waals surface area contributed by atoms with Gasteiger partial charge in [0, 0.05) is 25.2 Å². The van der Waals surface area contributed by atoms with Gasteiger partial charge in [-0.2, -0.15) is 4.98 Å². The van der Waals surface area contributed by atoms with Crippen molar-refractivity contribution in [2.45, 2.75) is 13.0 Å². The summed E-state index contributed by atoms with van der Waals surface area (Å²) in [4.78, 5) is 11.8. The smallest absolute Gasteiger partial charge is 0.226 e. The molecule has 0 aromatic carbocycles. The molecule has 2 rings (SSSR count). The summed E-state index contributed by atoms with van der Waals surface area (Å²) < 4.78 is 0. The van der Waals surface area contributed by atoms with E-state index in [4.69, 9.17) is 0 Å². The summed E-state index contributed by atoms with van der Waals surface area (Å²) in [5.41, 5.74) is 0. The third-order valence-electron chi connectivity index (χ3n) is 2.38. The van der Waals surface area contributed by atoms with Crippen LogP contribution in [0.3, 0.4) is 0 Å². The third kappa shape index (κ3) is 2.94. The lowest BCUT2D eigenvalue weighted by molar-refractivity contribution is 0.887. The normalized spacial score (nSPS) is 12.2. The van der Waals surface area contributed by atoms with Gasteiger partial charge >= 0.3 is 0 Å². The monoisotopic (exact) mass is 248 g/mol. The van der Waals surface area contributed by atoms with Gasteiger partial charge in [-0.15, -0.1) is 11.3 Å². The summed E-state index contributed by atoms with van der Waals surface area (Å²) in [5.74, 6) is 1.57. The Kier molecular flexibility index (Phi) is 3.58. The minimum atomic E-state index is 0.264. The Morgan fingerprint density at radius 3 is 2.82 bits per heavy atom. The highest BCUT2D eigenvalue weighted by Gasteiger charge is 2.07.